The van der Waals surface area contributed by atoms with Gasteiger partial charge >= 0.3 is 5.97 Å². The minimum absolute atomic E-state index is 0.0262. The molecule has 0 unspecified atom stereocenters. The van der Waals surface area contributed by atoms with E-state index in [1.54, 1.807) is 47.6 Å². The molecule has 2 heterocycles. The van der Waals surface area contributed by atoms with Gasteiger partial charge in [0.15, 0.2) is 0 Å². The summed E-state index contributed by atoms with van der Waals surface area (Å²) in [4.78, 5) is 29.1. The molecule has 1 saturated heterocycles. The van der Waals surface area contributed by atoms with Crippen LogP contribution >= 0.6 is 0 Å². The topological polar surface area (TPSA) is 79.7 Å². The monoisotopic (exact) mass is 340 g/mol. The van der Waals surface area contributed by atoms with Gasteiger partial charge in [-0.2, -0.15) is 0 Å². The molecule has 0 aliphatic carbocycles. The molecule has 0 spiro atoms. The van der Waals surface area contributed by atoms with Gasteiger partial charge in [-0.25, -0.2) is 0 Å². The van der Waals surface area contributed by atoms with E-state index in [-0.39, 0.29) is 18.2 Å². The predicted molar refractivity (Wildman–Crippen MR) is 91.6 cm³/mol. The number of aromatic nitrogens is 1. The molecule has 1 fully saturated rings. The highest BCUT2D eigenvalue weighted by Crippen LogP contribution is 2.24. The SMILES string of the molecule is O=C(O)CC1CCN(C(=O)c2ccc(Oc3cccnc3)cc2)CC1. The quantitative estimate of drug-likeness (QED) is 0.904. The second kappa shape index (κ2) is 7.79. The number of hydrogen-bond acceptors (Lipinski definition) is 4. The van der Waals surface area contributed by atoms with Crippen molar-refractivity contribution >= 4 is 11.9 Å². The highest BCUT2D eigenvalue weighted by Gasteiger charge is 2.24. The van der Waals surface area contributed by atoms with Crippen molar-refractivity contribution in [1.82, 2.24) is 9.88 Å². The van der Waals surface area contributed by atoms with Gasteiger partial charge in [0.05, 0.1) is 6.20 Å². The minimum atomic E-state index is -0.769. The van der Waals surface area contributed by atoms with E-state index in [2.05, 4.69) is 4.98 Å². The fourth-order valence-electron chi connectivity index (χ4n) is 2.98. The molecule has 0 bridgehead atoms. The normalized spacial score (nSPS) is 15.0. The molecule has 1 amide bonds. The Labute approximate surface area is 146 Å². The van der Waals surface area contributed by atoms with Crippen molar-refractivity contribution in [3.8, 4) is 11.5 Å². The fourth-order valence-corrected chi connectivity index (χ4v) is 2.98. The number of carbonyl (C=O) groups excluding carboxylic acids is 1. The Kier molecular flexibility index (Phi) is 5.28. The van der Waals surface area contributed by atoms with Crippen LogP contribution in [0.3, 0.4) is 0 Å². The summed E-state index contributed by atoms with van der Waals surface area (Å²) < 4.78 is 5.67. The summed E-state index contributed by atoms with van der Waals surface area (Å²) >= 11 is 0. The standard InChI is InChI=1S/C19H20N2O4/c22-18(23)12-14-7-10-21(11-8-14)19(24)15-3-5-16(6-4-15)25-17-2-1-9-20-13-17/h1-6,9,13-14H,7-8,10-12H2,(H,22,23). The van der Waals surface area contributed by atoms with Gasteiger partial charge in [0, 0.05) is 31.3 Å². The van der Waals surface area contributed by atoms with Gasteiger partial charge in [-0.15, -0.1) is 0 Å². The fraction of sp³-hybridized carbons (Fsp3) is 0.316. The maximum Gasteiger partial charge on any atom is 0.303 e. The number of carboxylic acids is 1. The number of aliphatic carboxylic acids is 1. The maximum atomic E-state index is 12.6. The van der Waals surface area contributed by atoms with E-state index in [0.29, 0.717) is 30.2 Å². The van der Waals surface area contributed by atoms with Gasteiger partial charge in [-0.1, -0.05) is 0 Å². The highest BCUT2D eigenvalue weighted by molar-refractivity contribution is 5.94. The molecule has 3 rings (SSSR count). The molecule has 1 aromatic heterocycles. The van der Waals surface area contributed by atoms with Gasteiger partial charge in [-0.3, -0.25) is 14.6 Å². The summed E-state index contributed by atoms with van der Waals surface area (Å²) in [5.74, 6) is 0.652. The minimum Gasteiger partial charge on any atom is -0.481 e. The lowest BCUT2D eigenvalue weighted by Gasteiger charge is -2.31. The van der Waals surface area contributed by atoms with Crippen molar-refractivity contribution in [2.24, 2.45) is 5.92 Å². The molecule has 0 atom stereocenters. The van der Waals surface area contributed by atoms with E-state index in [9.17, 15) is 9.59 Å². The number of carboxylic acid groups (broad SMARTS) is 1. The Hall–Kier alpha value is -2.89. The first-order chi connectivity index (χ1) is 12.1. The number of hydrogen-bond donors (Lipinski definition) is 1. The first-order valence-electron chi connectivity index (χ1n) is 8.31. The number of amides is 1. The lowest BCUT2D eigenvalue weighted by Crippen LogP contribution is -2.38. The van der Waals surface area contributed by atoms with Crippen molar-refractivity contribution in [2.75, 3.05) is 13.1 Å². The average Bonchev–Trinajstić information content (AvgIpc) is 2.63. The molecular weight excluding hydrogens is 320 g/mol. The van der Waals surface area contributed by atoms with E-state index in [0.717, 1.165) is 12.8 Å². The number of ether oxygens (including phenoxy) is 1. The molecule has 6 nitrogen and oxygen atoms in total. The molecule has 6 heteroatoms. The largest absolute Gasteiger partial charge is 0.481 e. The first-order valence-corrected chi connectivity index (χ1v) is 8.31. The van der Waals surface area contributed by atoms with Crippen molar-refractivity contribution in [3.05, 3.63) is 54.4 Å². The zero-order valence-corrected chi connectivity index (χ0v) is 13.8. The Balaban J connectivity index is 1.57. The summed E-state index contributed by atoms with van der Waals surface area (Å²) in [6.45, 7) is 1.20. The van der Waals surface area contributed by atoms with Crippen molar-refractivity contribution in [3.63, 3.8) is 0 Å². The Morgan fingerprint density at radius 3 is 2.44 bits per heavy atom. The molecule has 25 heavy (non-hydrogen) atoms. The lowest BCUT2D eigenvalue weighted by atomic mass is 9.93. The van der Waals surface area contributed by atoms with Crippen LogP contribution < -0.4 is 4.74 Å². The van der Waals surface area contributed by atoms with Gasteiger partial charge in [0.25, 0.3) is 5.91 Å². The molecular formula is C19H20N2O4. The molecule has 0 radical (unpaired) electrons. The summed E-state index contributed by atoms with van der Waals surface area (Å²) in [7, 11) is 0. The zero-order chi connectivity index (χ0) is 17.6. The third kappa shape index (κ3) is 4.56. The average molecular weight is 340 g/mol. The van der Waals surface area contributed by atoms with Gasteiger partial charge < -0.3 is 14.7 Å². The number of pyridine rings is 1. The third-order valence-corrected chi connectivity index (χ3v) is 4.34. The second-order valence-corrected chi connectivity index (χ2v) is 6.15. The summed E-state index contributed by atoms with van der Waals surface area (Å²) in [6.07, 6.45) is 4.96. The molecule has 1 aliphatic heterocycles. The van der Waals surface area contributed by atoms with Crippen LogP contribution in [0.25, 0.3) is 0 Å². The molecule has 1 aliphatic rings. The summed E-state index contributed by atoms with van der Waals surface area (Å²) in [5, 5.41) is 8.85. The second-order valence-electron chi connectivity index (χ2n) is 6.15. The molecule has 2 aromatic rings. The predicted octanol–water partition coefficient (Wildman–Crippen LogP) is 3.20. The van der Waals surface area contributed by atoms with Crippen LogP contribution in [0.2, 0.25) is 0 Å². The molecule has 1 aromatic carbocycles. The molecule has 0 saturated carbocycles. The van der Waals surface area contributed by atoms with E-state index < -0.39 is 5.97 Å². The van der Waals surface area contributed by atoms with Crippen LogP contribution in [0.15, 0.2) is 48.8 Å². The number of nitrogens with zero attached hydrogens (tertiary/aromatic N) is 2. The number of benzene rings is 1. The van der Waals surface area contributed by atoms with E-state index in [1.807, 2.05) is 6.07 Å². The lowest BCUT2D eigenvalue weighted by molar-refractivity contribution is -0.138. The maximum absolute atomic E-state index is 12.6. The zero-order valence-electron chi connectivity index (χ0n) is 13.8. The summed E-state index contributed by atoms with van der Waals surface area (Å²) in [5.41, 5.74) is 0.607. The van der Waals surface area contributed by atoms with Crippen LogP contribution in [0.4, 0.5) is 0 Å². The van der Waals surface area contributed by atoms with E-state index >= 15 is 0 Å². The highest BCUT2D eigenvalue weighted by atomic mass is 16.5. The van der Waals surface area contributed by atoms with Crippen LogP contribution in [0.5, 0.6) is 11.5 Å². The van der Waals surface area contributed by atoms with Crippen LogP contribution in [0, 0.1) is 5.92 Å². The number of rotatable bonds is 5. The van der Waals surface area contributed by atoms with Crippen molar-refractivity contribution in [1.29, 1.82) is 0 Å². The number of carbonyl (C=O) groups is 2. The van der Waals surface area contributed by atoms with Crippen molar-refractivity contribution < 1.29 is 19.4 Å². The van der Waals surface area contributed by atoms with Crippen LogP contribution in [-0.4, -0.2) is 40.0 Å². The first kappa shape index (κ1) is 17.0. The number of likely N-dealkylation sites (tertiary alicyclic amines) is 1. The van der Waals surface area contributed by atoms with Crippen LogP contribution in [-0.2, 0) is 4.79 Å². The number of piperidine rings is 1. The van der Waals surface area contributed by atoms with E-state index in [4.69, 9.17) is 9.84 Å². The van der Waals surface area contributed by atoms with Crippen molar-refractivity contribution in [2.45, 2.75) is 19.3 Å². The van der Waals surface area contributed by atoms with E-state index in [1.165, 1.54) is 0 Å². The van der Waals surface area contributed by atoms with Crippen LogP contribution in [0.1, 0.15) is 29.6 Å². The Morgan fingerprint density at radius 2 is 1.84 bits per heavy atom. The Morgan fingerprint density at radius 1 is 1.12 bits per heavy atom. The van der Waals surface area contributed by atoms with Gasteiger partial charge in [0.1, 0.15) is 11.5 Å². The Bertz CT molecular complexity index is 723. The van der Waals surface area contributed by atoms with Gasteiger partial charge in [0.2, 0.25) is 0 Å². The third-order valence-electron chi connectivity index (χ3n) is 4.34. The smallest absolute Gasteiger partial charge is 0.303 e. The molecule has 130 valence electrons. The summed E-state index contributed by atoms with van der Waals surface area (Å²) in [6, 6.07) is 10.6. The van der Waals surface area contributed by atoms with Gasteiger partial charge in [-0.05, 0) is 55.2 Å². The molecule has 1 N–H and O–H groups in total.